The first-order valence-corrected chi connectivity index (χ1v) is 11.1. The van der Waals surface area contributed by atoms with E-state index in [1.165, 1.54) is 28.2 Å². The largest absolute Gasteiger partial charge is 0.480 e. The number of hydrogen-bond acceptors (Lipinski definition) is 5. The van der Waals surface area contributed by atoms with Crippen molar-refractivity contribution in [2.75, 3.05) is 13.6 Å². The lowest BCUT2D eigenvalue weighted by Crippen LogP contribution is -2.40. The second-order valence-electron chi connectivity index (χ2n) is 7.22. The van der Waals surface area contributed by atoms with Crippen molar-refractivity contribution < 1.29 is 19.5 Å². The maximum atomic E-state index is 12.4. The Morgan fingerprint density at radius 3 is 2.13 bits per heavy atom. The minimum absolute atomic E-state index is 0.133. The van der Waals surface area contributed by atoms with E-state index in [1.807, 2.05) is 0 Å². The van der Waals surface area contributed by atoms with Gasteiger partial charge in [-0.2, -0.15) is 0 Å². The van der Waals surface area contributed by atoms with Crippen LogP contribution in [0.1, 0.15) is 32.6 Å². The summed E-state index contributed by atoms with van der Waals surface area (Å²) in [7, 11) is 1.47. The van der Waals surface area contributed by atoms with Crippen LogP contribution in [0.4, 0.5) is 0 Å². The van der Waals surface area contributed by atoms with Gasteiger partial charge in [-0.25, -0.2) is 14.2 Å². The molecular formula is C18H24Br2N4O6. The number of halogens is 2. The number of amides is 2. The van der Waals surface area contributed by atoms with E-state index in [0.717, 1.165) is 0 Å². The smallest absolute Gasteiger partial charge is 0.326 e. The third-order valence-electron chi connectivity index (χ3n) is 5.18. The predicted molar refractivity (Wildman–Crippen MR) is 115 cm³/mol. The van der Waals surface area contributed by atoms with Gasteiger partial charge < -0.3 is 15.3 Å². The Morgan fingerprint density at radius 2 is 1.63 bits per heavy atom. The fourth-order valence-electron chi connectivity index (χ4n) is 3.13. The summed E-state index contributed by atoms with van der Waals surface area (Å²) in [6.07, 6.45) is 2.20. The predicted octanol–water partition coefficient (Wildman–Crippen LogP) is 0.773. The van der Waals surface area contributed by atoms with Crippen molar-refractivity contribution in [3.05, 3.63) is 29.7 Å². The minimum atomic E-state index is -1.05. The van der Waals surface area contributed by atoms with Crippen molar-refractivity contribution in [1.29, 1.82) is 0 Å². The number of unbranched alkanes of at least 4 members (excludes halogenated alkanes) is 2. The second kappa shape index (κ2) is 10.4. The monoisotopic (exact) mass is 550 g/mol. The van der Waals surface area contributed by atoms with Crippen LogP contribution in [0.15, 0.2) is 18.5 Å². The molecule has 1 aromatic rings. The maximum absolute atomic E-state index is 12.4. The van der Waals surface area contributed by atoms with E-state index in [4.69, 9.17) is 5.11 Å². The van der Waals surface area contributed by atoms with Gasteiger partial charge in [0.05, 0.1) is 19.0 Å². The van der Waals surface area contributed by atoms with Crippen molar-refractivity contribution >= 4 is 49.6 Å². The number of nitrogens with zero attached hydrogens (tertiary/aromatic N) is 3. The van der Waals surface area contributed by atoms with Gasteiger partial charge in [-0.1, -0.05) is 6.42 Å². The van der Waals surface area contributed by atoms with Crippen LogP contribution in [0, 0.1) is 5.92 Å². The van der Waals surface area contributed by atoms with Gasteiger partial charge in [0.25, 0.3) is 11.1 Å². The topological polar surface area (TPSA) is 131 Å². The SMILES string of the molecule is C[C@@H](C(=O)O)N(C)C(=O)CCCCCNC(=O)C1Cn2c(=O)c(Br)c(Br)c(=O)n2C1. The molecule has 0 aromatic carbocycles. The van der Waals surface area contributed by atoms with Gasteiger partial charge in [-0.05, 0) is 51.6 Å². The van der Waals surface area contributed by atoms with Gasteiger partial charge in [0.15, 0.2) is 0 Å². The first kappa shape index (κ1) is 24.3. The second-order valence-corrected chi connectivity index (χ2v) is 8.81. The number of fused-ring (bicyclic) bond motifs is 1. The molecule has 2 N–H and O–H groups in total. The number of aromatic nitrogens is 2. The van der Waals surface area contributed by atoms with Crippen molar-refractivity contribution in [2.45, 2.75) is 51.7 Å². The summed E-state index contributed by atoms with van der Waals surface area (Å²) in [5.41, 5.74) is -0.743. The maximum Gasteiger partial charge on any atom is 0.326 e. The van der Waals surface area contributed by atoms with Crippen LogP contribution in [0.2, 0.25) is 0 Å². The number of carboxylic acids is 1. The zero-order valence-electron chi connectivity index (χ0n) is 16.7. The van der Waals surface area contributed by atoms with Gasteiger partial charge in [-0.3, -0.25) is 19.2 Å². The summed E-state index contributed by atoms with van der Waals surface area (Å²) in [4.78, 5) is 60.9. The third kappa shape index (κ3) is 5.39. The number of hydrogen-bond donors (Lipinski definition) is 2. The zero-order valence-corrected chi connectivity index (χ0v) is 19.9. The van der Waals surface area contributed by atoms with E-state index in [0.29, 0.717) is 25.8 Å². The van der Waals surface area contributed by atoms with Crippen LogP contribution in [-0.4, -0.2) is 56.8 Å². The molecule has 0 aliphatic carbocycles. The average molecular weight is 552 g/mol. The standard InChI is InChI=1S/C18H24Br2N4O6/c1-10(18(29)30)22(2)12(25)6-4-3-5-7-21-15(26)11-8-23-16(27)13(19)14(20)17(28)24(23)9-11/h10-11H,3-9H2,1-2H3,(H,21,26)(H,29,30)/t10-/m0/s1. The van der Waals surface area contributed by atoms with Crippen LogP contribution in [0.3, 0.4) is 0 Å². The summed E-state index contributed by atoms with van der Waals surface area (Å²) < 4.78 is 2.81. The fraction of sp³-hybridized carbons (Fsp3) is 0.611. The number of nitrogens with one attached hydrogen (secondary N) is 1. The van der Waals surface area contributed by atoms with Crippen LogP contribution < -0.4 is 16.4 Å². The highest BCUT2D eigenvalue weighted by atomic mass is 79.9. The molecule has 12 heteroatoms. The number of aliphatic carboxylic acids is 1. The van der Waals surface area contributed by atoms with E-state index in [2.05, 4.69) is 37.2 Å². The molecule has 2 amide bonds. The van der Waals surface area contributed by atoms with Gasteiger partial charge in [0.2, 0.25) is 11.8 Å². The average Bonchev–Trinajstić information content (AvgIpc) is 3.17. The molecule has 1 atom stereocenters. The summed E-state index contributed by atoms with van der Waals surface area (Å²) in [6.45, 7) is 2.14. The van der Waals surface area contributed by atoms with E-state index in [1.54, 1.807) is 0 Å². The van der Waals surface area contributed by atoms with E-state index >= 15 is 0 Å². The minimum Gasteiger partial charge on any atom is -0.480 e. The summed E-state index contributed by atoms with van der Waals surface area (Å²) in [5, 5.41) is 11.7. The molecule has 0 spiro atoms. The molecule has 2 rings (SSSR count). The van der Waals surface area contributed by atoms with Gasteiger partial charge in [0, 0.05) is 20.0 Å². The van der Waals surface area contributed by atoms with E-state index in [-0.39, 0.29) is 51.4 Å². The Bertz CT molecular complexity index is 912. The zero-order chi connectivity index (χ0) is 22.6. The number of rotatable bonds is 9. The lowest BCUT2D eigenvalue weighted by atomic mass is 10.1. The Labute approximate surface area is 189 Å². The molecule has 0 fully saturated rings. The van der Waals surface area contributed by atoms with Crippen LogP contribution in [0.25, 0.3) is 0 Å². The van der Waals surface area contributed by atoms with Crippen molar-refractivity contribution in [3.63, 3.8) is 0 Å². The van der Waals surface area contributed by atoms with Crippen LogP contribution in [0.5, 0.6) is 0 Å². The molecule has 1 aliphatic heterocycles. The van der Waals surface area contributed by atoms with E-state index in [9.17, 15) is 24.0 Å². The van der Waals surface area contributed by atoms with E-state index < -0.39 is 17.9 Å². The Balaban J connectivity index is 1.74. The number of likely N-dealkylation sites (N-methyl/N-ethyl adjacent to an activating group) is 1. The molecule has 1 aromatic heterocycles. The van der Waals surface area contributed by atoms with Crippen molar-refractivity contribution in [1.82, 2.24) is 19.6 Å². The van der Waals surface area contributed by atoms with Crippen molar-refractivity contribution in [2.24, 2.45) is 5.92 Å². The number of carbonyl (C=O) groups is 3. The van der Waals surface area contributed by atoms with Crippen LogP contribution >= 0.6 is 31.9 Å². The Hall–Kier alpha value is -1.95. The Morgan fingerprint density at radius 1 is 1.10 bits per heavy atom. The number of carbonyl (C=O) groups excluding carboxylic acids is 2. The first-order chi connectivity index (χ1) is 14.1. The molecule has 166 valence electrons. The molecule has 10 nitrogen and oxygen atoms in total. The molecule has 0 saturated carbocycles. The molecule has 0 saturated heterocycles. The molecule has 1 aliphatic rings. The Kier molecular flexibility index (Phi) is 8.42. The molecule has 0 unspecified atom stereocenters. The van der Waals surface area contributed by atoms with Gasteiger partial charge in [-0.15, -0.1) is 0 Å². The molecule has 0 bridgehead atoms. The molecule has 30 heavy (non-hydrogen) atoms. The summed E-state index contributed by atoms with van der Waals surface area (Å²) >= 11 is 6.18. The van der Waals surface area contributed by atoms with Gasteiger partial charge in [0.1, 0.15) is 15.0 Å². The summed E-state index contributed by atoms with van der Waals surface area (Å²) in [5.74, 6) is -2.02. The van der Waals surface area contributed by atoms with Crippen molar-refractivity contribution in [3.8, 4) is 0 Å². The first-order valence-electron chi connectivity index (χ1n) is 9.51. The molecular weight excluding hydrogens is 528 g/mol. The lowest BCUT2D eigenvalue weighted by Gasteiger charge is -2.21. The highest BCUT2D eigenvalue weighted by Gasteiger charge is 2.30. The molecule has 2 heterocycles. The van der Waals surface area contributed by atoms with Gasteiger partial charge >= 0.3 is 5.97 Å². The summed E-state index contributed by atoms with van der Waals surface area (Å²) in [6, 6.07) is -0.867. The fourth-order valence-corrected chi connectivity index (χ4v) is 3.88. The third-order valence-corrected chi connectivity index (χ3v) is 7.19. The number of carboxylic acid groups (broad SMARTS) is 1. The lowest BCUT2D eigenvalue weighted by molar-refractivity contribution is -0.148. The highest BCUT2D eigenvalue weighted by molar-refractivity contribution is 9.13. The molecule has 0 radical (unpaired) electrons. The van der Waals surface area contributed by atoms with Crippen LogP contribution in [-0.2, 0) is 27.5 Å². The quantitative estimate of drug-likeness (QED) is 0.436. The highest BCUT2D eigenvalue weighted by Crippen LogP contribution is 2.18. The normalized spacial score (nSPS) is 14.3.